The van der Waals surface area contributed by atoms with E-state index < -0.39 is 15.9 Å². The topological polar surface area (TPSA) is 102 Å². The molecular weight excluding hydrogens is 352 g/mol. The molecule has 0 bridgehead atoms. The minimum atomic E-state index is -3.70. The summed E-state index contributed by atoms with van der Waals surface area (Å²) < 4.78 is 27.2. The molecule has 0 atom stereocenters. The summed E-state index contributed by atoms with van der Waals surface area (Å²) in [5.74, 6) is -0.453. The molecule has 2 rings (SSSR count). The number of rotatable bonds is 7. The highest BCUT2D eigenvalue weighted by atomic mass is 32.2. The van der Waals surface area contributed by atoms with Crippen LogP contribution in [0, 0.1) is 11.3 Å². The fourth-order valence-corrected chi connectivity index (χ4v) is 3.23. The van der Waals surface area contributed by atoms with E-state index in [2.05, 4.69) is 10.0 Å². The molecule has 0 saturated carbocycles. The van der Waals surface area contributed by atoms with Crippen LogP contribution in [0.2, 0.25) is 0 Å². The van der Waals surface area contributed by atoms with Gasteiger partial charge in [-0.15, -0.1) is 0 Å². The fraction of sp³-hybridized carbons (Fsp3) is 0.222. The molecule has 8 heteroatoms. The normalized spacial score (nSPS) is 11.2. The van der Waals surface area contributed by atoms with E-state index in [1.165, 1.54) is 24.3 Å². The molecule has 0 aliphatic rings. The molecule has 0 unspecified atom stereocenters. The molecule has 26 heavy (non-hydrogen) atoms. The number of carbonyl (C=O) groups is 1. The van der Waals surface area contributed by atoms with Crippen LogP contribution >= 0.6 is 0 Å². The molecule has 7 nitrogen and oxygen atoms in total. The van der Waals surface area contributed by atoms with Gasteiger partial charge in [0.05, 0.1) is 16.5 Å². The van der Waals surface area contributed by atoms with Crippen molar-refractivity contribution in [3.05, 3.63) is 59.7 Å². The van der Waals surface area contributed by atoms with Gasteiger partial charge in [-0.3, -0.25) is 4.79 Å². The van der Waals surface area contributed by atoms with Crippen LogP contribution in [0.4, 0.5) is 5.69 Å². The van der Waals surface area contributed by atoms with Crippen molar-refractivity contribution in [1.82, 2.24) is 9.62 Å². The third kappa shape index (κ3) is 5.39. The van der Waals surface area contributed by atoms with Crippen molar-refractivity contribution in [2.45, 2.75) is 4.90 Å². The summed E-state index contributed by atoms with van der Waals surface area (Å²) in [5.41, 5.74) is 1.10. The minimum Gasteiger partial charge on any atom is -0.322 e. The van der Waals surface area contributed by atoms with Crippen molar-refractivity contribution in [2.24, 2.45) is 0 Å². The second kappa shape index (κ2) is 8.58. The predicted octanol–water partition coefficient (Wildman–Crippen LogP) is 1.65. The first-order chi connectivity index (χ1) is 12.3. The zero-order chi connectivity index (χ0) is 19.2. The van der Waals surface area contributed by atoms with Gasteiger partial charge in [-0.2, -0.15) is 5.26 Å². The lowest BCUT2D eigenvalue weighted by Crippen LogP contribution is -2.31. The zero-order valence-electron chi connectivity index (χ0n) is 14.6. The third-order valence-corrected chi connectivity index (χ3v) is 4.97. The van der Waals surface area contributed by atoms with Crippen molar-refractivity contribution in [1.29, 1.82) is 5.26 Å². The van der Waals surface area contributed by atoms with E-state index in [1.54, 1.807) is 24.3 Å². The van der Waals surface area contributed by atoms with Crippen LogP contribution in [0.3, 0.4) is 0 Å². The Morgan fingerprint density at radius 3 is 2.58 bits per heavy atom. The number of nitrogens with one attached hydrogen (secondary N) is 2. The van der Waals surface area contributed by atoms with Crippen LogP contribution in [0.1, 0.15) is 15.9 Å². The lowest BCUT2D eigenvalue weighted by molar-refractivity contribution is 0.102. The van der Waals surface area contributed by atoms with Gasteiger partial charge in [-0.25, -0.2) is 13.1 Å². The smallest absolute Gasteiger partial charge is 0.255 e. The largest absolute Gasteiger partial charge is 0.322 e. The molecule has 0 saturated heterocycles. The monoisotopic (exact) mass is 372 g/mol. The van der Waals surface area contributed by atoms with Gasteiger partial charge in [0.15, 0.2) is 0 Å². The molecule has 0 aliphatic heterocycles. The van der Waals surface area contributed by atoms with Gasteiger partial charge in [-0.05, 0) is 50.5 Å². The van der Waals surface area contributed by atoms with Crippen molar-refractivity contribution >= 4 is 21.6 Å². The maximum atomic E-state index is 12.4. The Bertz CT molecular complexity index is 933. The van der Waals surface area contributed by atoms with Crippen LogP contribution in [0.25, 0.3) is 0 Å². The Morgan fingerprint density at radius 1 is 1.15 bits per heavy atom. The molecule has 2 aromatic carbocycles. The zero-order valence-corrected chi connectivity index (χ0v) is 15.4. The van der Waals surface area contributed by atoms with Crippen molar-refractivity contribution in [2.75, 3.05) is 32.5 Å². The van der Waals surface area contributed by atoms with Gasteiger partial charge in [0, 0.05) is 24.3 Å². The quantitative estimate of drug-likeness (QED) is 0.769. The highest BCUT2D eigenvalue weighted by Crippen LogP contribution is 2.15. The lowest BCUT2D eigenvalue weighted by atomic mass is 10.2. The molecule has 136 valence electrons. The van der Waals surface area contributed by atoms with Crippen LogP contribution < -0.4 is 10.0 Å². The number of amides is 1. The Labute approximate surface area is 153 Å². The minimum absolute atomic E-state index is 0.0229. The van der Waals surface area contributed by atoms with Crippen LogP contribution in [-0.2, 0) is 10.0 Å². The van der Waals surface area contributed by atoms with Crippen molar-refractivity contribution in [3.8, 4) is 6.07 Å². The van der Waals surface area contributed by atoms with Crippen molar-refractivity contribution in [3.63, 3.8) is 0 Å². The highest BCUT2D eigenvalue weighted by molar-refractivity contribution is 7.89. The molecule has 0 fully saturated rings. The Kier molecular flexibility index (Phi) is 6.46. The third-order valence-electron chi connectivity index (χ3n) is 3.51. The first-order valence-electron chi connectivity index (χ1n) is 7.88. The van der Waals surface area contributed by atoms with Crippen molar-refractivity contribution < 1.29 is 13.2 Å². The average Bonchev–Trinajstić information content (AvgIpc) is 2.61. The van der Waals surface area contributed by atoms with E-state index in [-0.39, 0.29) is 17.0 Å². The number of nitriles is 1. The maximum Gasteiger partial charge on any atom is 0.255 e. The summed E-state index contributed by atoms with van der Waals surface area (Å²) in [4.78, 5) is 14.3. The first-order valence-corrected chi connectivity index (χ1v) is 9.36. The molecule has 0 aromatic heterocycles. The van der Waals surface area contributed by atoms with E-state index in [1.807, 2.05) is 25.1 Å². The predicted molar refractivity (Wildman–Crippen MR) is 99.3 cm³/mol. The highest BCUT2D eigenvalue weighted by Gasteiger charge is 2.16. The van der Waals surface area contributed by atoms with Gasteiger partial charge in [-0.1, -0.05) is 12.1 Å². The van der Waals surface area contributed by atoms with Crippen LogP contribution in [0.15, 0.2) is 53.4 Å². The summed E-state index contributed by atoms with van der Waals surface area (Å²) in [6, 6.07) is 14.3. The van der Waals surface area contributed by atoms with Gasteiger partial charge in [0.1, 0.15) is 0 Å². The number of likely N-dealkylation sites (N-methyl/N-ethyl adjacent to an activating group) is 1. The molecule has 1 amide bonds. The number of anilines is 1. The average molecular weight is 372 g/mol. The molecule has 2 aromatic rings. The second-order valence-electron chi connectivity index (χ2n) is 5.88. The Hall–Kier alpha value is -2.73. The summed E-state index contributed by atoms with van der Waals surface area (Å²) >= 11 is 0. The molecule has 0 heterocycles. The number of hydrogen-bond donors (Lipinski definition) is 2. The van der Waals surface area contributed by atoms with Gasteiger partial charge in [0.2, 0.25) is 10.0 Å². The standard InChI is InChI=1S/C18H20N4O3S/c1-22(2)10-9-20-26(24,25)17-8-4-6-15(12-17)18(23)21-16-7-3-5-14(11-16)13-19/h3-8,11-12,20H,9-10H2,1-2H3,(H,21,23). The molecule has 2 N–H and O–H groups in total. The number of carbonyl (C=O) groups excluding carboxylic acids is 1. The summed E-state index contributed by atoms with van der Waals surface area (Å²) in [6.07, 6.45) is 0. The number of benzene rings is 2. The fourth-order valence-electron chi connectivity index (χ4n) is 2.16. The molecule has 0 aliphatic carbocycles. The summed E-state index contributed by atoms with van der Waals surface area (Å²) in [6.45, 7) is 0.835. The number of sulfonamides is 1. The van der Waals surface area contributed by atoms with E-state index in [9.17, 15) is 13.2 Å². The Morgan fingerprint density at radius 2 is 1.88 bits per heavy atom. The number of hydrogen-bond acceptors (Lipinski definition) is 5. The van der Waals surface area contributed by atoms with Crippen LogP contribution in [0.5, 0.6) is 0 Å². The molecule has 0 radical (unpaired) electrons. The SMILES string of the molecule is CN(C)CCNS(=O)(=O)c1cccc(C(=O)Nc2cccc(C#N)c2)c1. The lowest BCUT2D eigenvalue weighted by Gasteiger charge is -2.12. The summed E-state index contributed by atoms with van der Waals surface area (Å²) in [7, 11) is 0.000346. The van der Waals surface area contributed by atoms with Gasteiger partial charge >= 0.3 is 0 Å². The molecular formula is C18H20N4O3S. The van der Waals surface area contributed by atoms with E-state index in [4.69, 9.17) is 5.26 Å². The van der Waals surface area contributed by atoms with E-state index >= 15 is 0 Å². The van der Waals surface area contributed by atoms with E-state index in [0.29, 0.717) is 17.8 Å². The maximum absolute atomic E-state index is 12.4. The van der Waals surface area contributed by atoms with Gasteiger partial charge in [0.25, 0.3) is 5.91 Å². The first kappa shape index (κ1) is 19.6. The number of nitrogens with zero attached hydrogens (tertiary/aromatic N) is 2. The van der Waals surface area contributed by atoms with Gasteiger partial charge < -0.3 is 10.2 Å². The Balaban J connectivity index is 2.15. The second-order valence-corrected chi connectivity index (χ2v) is 7.64. The van der Waals surface area contributed by atoms with Crippen LogP contribution in [-0.4, -0.2) is 46.4 Å². The molecule has 0 spiro atoms. The summed E-state index contributed by atoms with van der Waals surface area (Å²) in [5, 5.41) is 11.6. The van der Waals surface area contributed by atoms with E-state index in [0.717, 1.165) is 0 Å².